The lowest BCUT2D eigenvalue weighted by molar-refractivity contribution is -0.118. The minimum Gasteiger partial charge on any atom is -0.346 e. The number of carbonyl (C=O) groups excluding carboxylic acids is 1. The van der Waals surface area contributed by atoms with Crippen LogP contribution in [-0.2, 0) is 15.6 Å². The Labute approximate surface area is 123 Å². The van der Waals surface area contributed by atoms with Crippen LogP contribution in [0.15, 0.2) is 17.3 Å². The lowest BCUT2D eigenvalue weighted by Crippen LogP contribution is -2.50. The minimum absolute atomic E-state index is 0.0360. The zero-order chi connectivity index (χ0) is 14.5. The largest absolute Gasteiger partial charge is 0.346 e. The van der Waals surface area contributed by atoms with E-state index >= 15 is 0 Å². The quantitative estimate of drug-likeness (QED) is 0.624. The van der Waals surface area contributed by atoms with Gasteiger partial charge in [-0.3, -0.25) is 14.0 Å². The molecule has 0 bridgehead atoms. The van der Waals surface area contributed by atoms with E-state index in [4.69, 9.17) is 0 Å². The molecule has 0 aromatic heterocycles. The summed E-state index contributed by atoms with van der Waals surface area (Å²) in [5.41, 5.74) is 1.27. The number of hydrogen-bond acceptors (Lipinski definition) is 3. The standard InChI is InChI=1S/C15H24N2O2S/c1-11(8-13-6-4-3-5-7-13)16-12(2)15(18)17-14-9-20(19)10-14/h13-14H,2-10H2,1H3,(H,17,18). The van der Waals surface area contributed by atoms with Crippen LogP contribution in [0.25, 0.3) is 0 Å². The normalized spacial score (nSPS) is 27.8. The molecule has 1 saturated heterocycles. The van der Waals surface area contributed by atoms with Crippen molar-refractivity contribution in [3.05, 3.63) is 12.3 Å². The Hall–Kier alpha value is -0.970. The fourth-order valence-corrected chi connectivity index (χ4v) is 3.85. The van der Waals surface area contributed by atoms with Crippen molar-refractivity contribution in [1.82, 2.24) is 5.32 Å². The highest BCUT2D eigenvalue weighted by Gasteiger charge is 2.27. The van der Waals surface area contributed by atoms with Crippen LogP contribution in [-0.4, -0.2) is 33.4 Å². The Balaban J connectivity index is 1.77. The molecular formula is C15H24N2O2S. The SMILES string of the molecule is C=C(N=C(C)CC1CCCCC1)C(=O)NC1CS(=O)C1. The van der Waals surface area contributed by atoms with Crippen molar-refractivity contribution in [2.75, 3.05) is 11.5 Å². The molecule has 0 aromatic carbocycles. The Morgan fingerprint density at radius 3 is 2.55 bits per heavy atom. The smallest absolute Gasteiger partial charge is 0.269 e. The van der Waals surface area contributed by atoms with Crippen LogP contribution in [0.2, 0.25) is 0 Å². The zero-order valence-corrected chi connectivity index (χ0v) is 13.0. The number of nitrogens with zero attached hydrogens (tertiary/aromatic N) is 1. The first kappa shape index (κ1) is 15.4. The van der Waals surface area contributed by atoms with Gasteiger partial charge in [0, 0.05) is 28.0 Å². The van der Waals surface area contributed by atoms with Gasteiger partial charge >= 0.3 is 0 Å². The third kappa shape index (κ3) is 4.54. The maximum absolute atomic E-state index is 11.9. The molecular weight excluding hydrogens is 272 g/mol. The van der Waals surface area contributed by atoms with Crippen LogP contribution in [0.3, 0.4) is 0 Å². The number of aliphatic imine (C=N–C) groups is 1. The highest BCUT2D eigenvalue weighted by atomic mass is 32.2. The molecule has 2 aliphatic rings. The van der Waals surface area contributed by atoms with Gasteiger partial charge in [-0.1, -0.05) is 38.7 Å². The summed E-state index contributed by atoms with van der Waals surface area (Å²) in [6, 6.07) is 0.0360. The molecule has 1 aliphatic carbocycles. The van der Waals surface area contributed by atoms with Gasteiger partial charge < -0.3 is 5.32 Å². The number of nitrogens with one attached hydrogen (secondary N) is 1. The fraction of sp³-hybridized carbons (Fsp3) is 0.733. The molecule has 1 heterocycles. The predicted octanol–water partition coefficient (Wildman–Crippen LogP) is 2.18. The number of amides is 1. The molecule has 0 spiro atoms. The van der Waals surface area contributed by atoms with Crippen LogP contribution >= 0.6 is 0 Å². The molecule has 1 aliphatic heterocycles. The van der Waals surface area contributed by atoms with Crippen LogP contribution in [0.4, 0.5) is 0 Å². The van der Waals surface area contributed by atoms with Gasteiger partial charge in [0.25, 0.3) is 5.91 Å². The second kappa shape index (κ2) is 7.16. The first-order chi connectivity index (χ1) is 9.54. The van der Waals surface area contributed by atoms with Crippen molar-refractivity contribution in [3.63, 3.8) is 0 Å². The highest BCUT2D eigenvalue weighted by Crippen LogP contribution is 2.26. The van der Waals surface area contributed by atoms with Crippen molar-refractivity contribution in [2.24, 2.45) is 10.9 Å². The lowest BCUT2D eigenvalue weighted by atomic mass is 9.86. The molecule has 0 atom stereocenters. The van der Waals surface area contributed by atoms with Gasteiger partial charge in [0.15, 0.2) is 0 Å². The van der Waals surface area contributed by atoms with E-state index in [0.717, 1.165) is 18.1 Å². The number of carbonyl (C=O) groups is 1. The molecule has 4 nitrogen and oxygen atoms in total. The van der Waals surface area contributed by atoms with Gasteiger partial charge in [-0.25, -0.2) is 0 Å². The molecule has 1 N–H and O–H groups in total. The molecule has 1 amide bonds. The lowest BCUT2D eigenvalue weighted by Gasteiger charge is -2.25. The van der Waals surface area contributed by atoms with E-state index in [1.165, 1.54) is 32.1 Å². The van der Waals surface area contributed by atoms with E-state index in [9.17, 15) is 9.00 Å². The average Bonchev–Trinajstić information content (AvgIpc) is 2.37. The van der Waals surface area contributed by atoms with Gasteiger partial charge in [-0.05, 0) is 19.3 Å². The van der Waals surface area contributed by atoms with Crippen LogP contribution in [0, 0.1) is 5.92 Å². The monoisotopic (exact) mass is 296 g/mol. The molecule has 1 saturated carbocycles. The molecule has 20 heavy (non-hydrogen) atoms. The van der Waals surface area contributed by atoms with Gasteiger partial charge in [0.05, 0.1) is 6.04 Å². The summed E-state index contributed by atoms with van der Waals surface area (Å²) >= 11 is 0. The second-order valence-electron chi connectivity index (χ2n) is 5.95. The van der Waals surface area contributed by atoms with Crippen molar-refractivity contribution in [2.45, 2.75) is 51.5 Å². The predicted molar refractivity (Wildman–Crippen MR) is 83.2 cm³/mol. The van der Waals surface area contributed by atoms with Crippen molar-refractivity contribution < 1.29 is 9.00 Å². The maximum Gasteiger partial charge on any atom is 0.269 e. The Morgan fingerprint density at radius 1 is 1.30 bits per heavy atom. The molecule has 5 heteroatoms. The van der Waals surface area contributed by atoms with Crippen LogP contribution in [0.1, 0.15) is 45.4 Å². The number of hydrogen-bond donors (Lipinski definition) is 1. The van der Waals surface area contributed by atoms with Gasteiger partial charge in [-0.2, -0.15) is 0 Å². The summed E-state index contributed by atoms with van der Waals surface area (Å²) < 4.78 is 11.0. The van der Waals surface area contributed by atoms with Gasteiger partial charge in [-0.15, -0.1) is 0 Å². The van der Waals surface area contributed by atoms with E-state index in [1.807, 2.05) is 6.92 Å². The first-order valence-electron chi connectivity index (χ1n) is 7.43. The Bertz CT molecular complexity index is 431. The third-order valence-electron chi connectivity index (χ3n) is 4.01. The Kier molecular flexibility index (Phi) is 5.52. The van der Waals surface area contributed by atoms with E-state index in [-0.39, 0.29) is 17.6 Å². The summed E-state index contributed by atoms with van der Waals surface area (Å²) in [5.74, 6) is 1.61. The van der Waals surface area contributed by atoms with Crippen molar-refractivity contribution >= 4 is 22.4 Å². The molecule has 2 rings (SSSR count). The van der Waals surface area contributed by atoms with Crippen molar-refractivity contribution in [3.8, 4) is 0 Å². The van der Waals surface area contributed by atoms with E-state index in [2.05, 4.69) is 16.9 Å². The topological polar surface area (TPSA) is 58.5 Å². The summed E-state index contributed by atoms with van der Waals surface area (Å²) in [4.78, 5) is 16.2. The zero-order valence-electron chi connectivity index (χ0n) is 12.2. The number of rotatable bonds is 5. The second-order valence-corrected chi connectivity index (χ2v) is 7.49. The highest BCUT2D eigenvalue weighted by molar-refractivity contribution is 7.86. The summed E-state index contributed by atoms with van der Waals surface area (Å²) in [6.07, 6.45) is 7.51. The summed E-state index contributed by atoms with van der Waals surface area (Å²) in [7, 11) is -0.748. The molecule has 2 fully saturated rings. The van der Waals surface area contributed by atoms with E-state index in [0.29, 0.717) is 11.5 Å². The van der Waals surface area contributed by atoms with Crippen molar-refractivity contribution in [1.29, 1.82) is 0 Å². The fourth-order valence-electron chi connectivity index (χ4n) is 2.89. The van der Waals surface area contributed by atoms with Crippen LogP contribution in [0.5, 0.6) is 0 Å². The van der Waals surface area contributed by atoms with E-state index in [1.54, 1.807) is 0 Å². The Morgan fingerprint density at radius 2 is 1.95 bits per heavy atom. The maximum atomic E-state index is 11.9. The van der Waals surface area contributed by atoms with Crippen LogP contribution < -0.4 is 5.32 Å². The molecule has 112 valence electrons. The molecule has 0 unspecified atom stereocenters. The third-order valence-corrected chi connectivity index (χ3v) is 5.55. The molecule has 0 radical (unpaired) electrons. The van der Waals surface area contributed by atoms with Gasteiger partial charge in [0.2, 0.25) is 0 Å². The average molecular weight is 296 g/mol. The minimum atomic E-state index is -0.748. The molecule has 0 aromatic rings. The van der Waals surface area contributed by atoms with Gasteiger partial charge in [0.1, 0.15) is 5.70 Å². The summed E-state index contributed by atoms with van der Waals surface area (Å²) in [5, 5.41) is 2.82. The summed E-state index contributed by atoms with van der Waals surface area (Å²) in [6.45, 7) is 5.72. The van der Waals surface area contributed by atoms with E-state index < -0.39 is 10.8 Å². The first-order valence-corrected chi connectivity index (χ1v) is 8.92.